The van der Waals surface area contributed by atoms with E-state index in [4.69, 9.17) is 0 Å². The molecule has 0 aliphatic carbocycles. The van der Waals surface area contributed by atoms with Gasteiger partial charge in [-0.2, -0.15) is 0 Å². The summed E-state index contributed by atoms with van der Waals surface area (Å²) >= 11 is 3.47. The highest BCUT2D eigenvalue weighted by molar-refractivity contribution is 9.09. The summed E-state index contributed by atoms with van der Waals surface area (Å²) < 4.78 is 0. The molecule has 21 heavy (non-hydrogen) atoms. The molecule has 1 atom stereocenters. The number of alkyl halides is 1. The molecule has 0 rings (SSSR count). The standard InChI is InChI=1S/C19H35BrO/c1-18(2)17-19(21)15-13-11-9-7-5-3-4-6-8-10-12-14-16-20/h18-19,21H,3-12,14,16-17H2,1-2H3. The lowest BCUT2D eigenvalue weighted by Gasteiger charge is -2.05. The Morgan fingerprint density at radius 1 is 0.810 bits per heavy atom. The molecule has 0 fully saturated rings. The summed E-state index contributed by atoms with van der Waals surface area (Å²) in [5.74, 6) is 6.59. The molecular weight excluding hydrogens is 324 g/mol. The molecule has 0 heterocycles. The largest absolute Gasteiger partial charge is 0.380 e. The van der Waals surface area contributed by atoms with Gasteiger partial charge in [-0.3, -0.25) is 0 Å². The minimum Gasteiger partial charge on any atom is -0.380 e. The van der Waals surface area contributed by atoms with Crippen LogP contribution in [0.1, 0.15) is 90.9 Å². The third-order valence-electron chi connectivity index (χ3n) is 3.65. The molecule has 0 bridgehead atoms. The summed E-state index contributed by atoms with van der Waals surface area (Å²) in [6.45, 7) is 4.24. The fraction of sp³-hybridized carbons (Fsp3) is 0.895. The van der Waals surface area contributed by atoms with Gasteiger partial charge in [0.2, 0.25) is 0 Å². The van der Waals surface area contributed by atoms with Crippen LogP contribution in [-0.2, 0) is 0 Å². The van der Waals surface area contributed by atoms with E-state index in [0.717, 1.165) is 18.2 Å². The van der Waals surface area contributed by atoms with E-state index >= 15 is 0 Å². The molecule has 0 spiro atoms. The molecule has 0 aliphatic rings. The van der Waals surface area contributed by atoms with Crippen LogP contribution in [0, 0.1) is 17.8 Å². The predicted octanol–water partition coefficient (Wildman–Crippen LogP) is 6.08. The van der Waals surface area contributed by atoms with E-state index in [0.29, 0.717) is 5.92 Å². The molecule has 1 N–H and O–H groups in total. The Bertz CT molecular complexity index is 264. The number of halogens is 1. The third-order valence-corrected chi connectivity index (χ3v) is 4.21. The smallest absolute Gasteiger partial charge is 0.115 e. The van der Waals surface area contributed by atoms with Crippen LogP contribution in [0.3, 0.4) is 0 Å². The highest BCUT2D eigenvalue weighted by atomic mass is 79.9. The summed E-state index contributed by atoms with van der Waals surface area (Å²) in [5, 5.41) is 10.8. The van der Waals surface area contributed by atoms with Gasteiger partial charge >= 0.3 is 0 Å². The van der Waals surface area contributed by atoms with E-state index in [-0.39, 0.29) is 0 Å². The van der Waals surface area contributed by atoms with Crippen LogP contribution in [0.2, 0.25) is 0 Å². The van der Waals surface area contributed by atoms with Gasteiger partial charge in [0, 0.05) is 11.8 Å². The first kappa shape index (κ1) is 21.0. The average molecular weight is 359 g/mol. The first-order valence-electron chi connectivity index (χ1n) is 8.89. The number of aliphatic hydroxyl groups excluding tert-OH is 1. The molecule has 0 aromatic carbocycles. The maximum Gasteiger partial charge on any atom is 0.115 e. The molecule has 0 aliphatic heterocycles. The van der Waals surface area contributed by atoms with Gasteiger partial charge in [-0.15, -0.1) is 5.92 Å². The maximum atomic E-state index is 9.62. The number of rotatable bonds is 13. The lowest BCUT2D eigenvalue weighted by molar-refractivity contribution is 0.204. The van der Waals surface area contributed by atoms with Crippen molar-refractivity contribution in [3.63, 3.8) is 0 Å². The number of hydrogen-bond acceptors (Lipinski definition) is 1. The second kappa shape index (κ2) is 16.4. The van der Waals surface area contributed by atoms with Crippen LogP contribution in [0.25, 0.3) is 0 Å². The SMILES string of the molecule is CC(C)CC(O)C#CCCCCCCCCCCCCBr. The zero-order chi connectivity index (χ0) is 15.8. The van der Waals surface area contributed by atoms with Crippen molar-refractivity contribution in [3.8, 4) is 11.8 Å². The van der Waals surface area contributed by atoms with Crippen molar-refractivity contribution in [2.24, 2.45) is 5.92 Å². The van der Waals surface area contributed by atoms with Gasteiger partial charge in [-0.1, -0.05) is 87.1 Å². The van der Waals surface area contributed by atoms with Crippen molar-refractivity contribution in [1.29, 1.82) is 0 Å². The van der Waals surface area contributed by atoms with Gasteiger partial charge in [0.15, 0.2) is 0 Å². The highest BCUT2D eigenvalue weighted by Crippen LogP contribution is 2.11. The molecule has 0 aromatic heterocycles. The Kier molecular flexibility index (Phi) is 16.4. The summed E-state index contributed by atoms with van der Waals surface area (Å²) in [6, 6.07) is 0. The van der Waals surface area contributed by atoms with Crippen molar-refractivity contribution >= 4 is 15.9 Å². The van der Waals surface area contributed by atoms with Gasteiger partial charge in [-0.05, 0) is 25.2 Å². The van der Waals surface area contributed by atoms with Crippen LogP contribution in [0.4, 0.5) is 0 Å². The molecule has 0 radical (unpaired) electrons. The molecule has 0 aromatic rings. The molecule has 2 heteroatoms. The predicted molar refractivity (Wildman–Crippen MR) is 97.8 cm³/mol. The first-order chi connectivity index (χ1) is 10.2. The Hall–Kier alpha value is 0. The van der Waals surface area contributed by atoms with Crippen molar-refractivity contribution < 1.29 is 5.11 Å². The monoisotopic (exact) mass is 358 g/mol. The Morgan fingerprint density at radius 3 is 1.76 bits per heavy atom. The van der Waals surface area contributed by atoms with Crippen molar-refractivity contribution in [2.75, 3.05) is 5.33 Å². The first-order valence-corrected chi connectivity index (χ1v) is 10.0. The van der Waals surface area contributed by atoms with Crippen LogP contribution >= 0.6 is 15.9 Å². The zero-order valence-electron chi connectivity index (χ0n) is 14.2. The molecule has 1 unspecified atom stereocenters. The Labute approximate surface area is 141 Å². The van der Waals surface area contributed by atoms with E-state index in [2.05, 4.69) is 41.6 Å². The van der Waals surface area contributed by atoms with Crippen LogP contribution < -0.4 is 0 Å². The summed E-state index contributed by atoms with van der Waals surface area (Å²) in [5.41, 5.74) is 0. The fourth-order valence-corrected chi connectivity index (χ4v) is 2.81. The molecule has 0 amide bonds. The van der Waals surface area contributed by atoms with Crippen LogP contribution in [0.15, 0.2) is 0 Å². The topological polar surface area (TPSA) is 20.2 Å². The molecule has 124 valence electrons. The lowest BCUT2D eigenvalue weighted by atomic mass is 10.1. The number of hydrogen-bond donors (Lipinski definition) is 1. The van der Waals surface area contributed by atoms with E-state index in [1.165, 1.54) is 64.2 Å². The minimum atomic E-state index is -0.422. The van der Waals surface area contributed by atoms with Gasteiger partial charge in [0.05, 0.1) is 0 Å². The number of aliphatic hydroxyl groups is 1. The van der Waals surface area contributed by atoms with Gasteiger partial charge in [-0.25, -0.2) is 0 Å². The molecule has 0 saturated carbocycles. The van der Waals surface area contributed by atoms with Crippen LogP contribution in [-0.4, -0.2) is 16.5 Å². The van der Waals surface area contributed by atoms with Gasteiger partial charge < -0.3 is 5.11 Å². The van der Waals surface area contributed by atoms with Crippen molar-refractivity contribution in [3.05, 3.63) is 0 Å². The fourth-order valence-electron chi connectivity index (χ4n) is 2.42. The maximum absolute atomic E-state index is 9.62. The van der Waals surface area contributed by atoms with Crippen molar-refractivity contribution in [2.45, 2.75) is 97.0 Å². The highest BCUT2D eigenvalue weighted by Gasteiger charge is 2.01. The quantitative estimate of drug-likeness (QED) is 0.240. The third kappa shape index (κ3) is 18.0. The van der Waals surface area contributed by atoms with E-state index in [9.17, 15) is 5.11 Å². The van der Waals surface area contributed by atoms with E-state index < -0.39 is 6.10 Å². The lowest BCUT2D eigenvalue weighted by Crippen LogP contribution is -2.06. The zero-order valence-corrected chi connectivity index (χ0v) is 15.8. The second-order valence-electron chi connectivity index (χ2n) is 6.44. The average Bonchev–Trinajstić information content (AvgIpc) is 2.43. The van der Waals surface area contributed by atoms with Crippen molar-refractivity contribution in [1.82, 2.24) is 0 Å². The van der Waals surface area contributed by atoms with E-state index in [1.54, 1.807) is 0 Å². The van der Waals surface area contributed by atoms with Crippen LogP contribution in [0.5, 0.6) is 0 Å². The van der Waals surface area contributed by atoms with E-state index in [1.807, 2.05) is 0 Å². The summed E-state index contributed by atoms with van der Waals surface area (Å²) in [7, 11) is 0. The number of unbranched alkanes of at least 4 members (excludes halogenated alkanes) is 10. The molecule has 1 nitrogen and oxygen atoms in total. The summed E-state index contributed by atoms with van der Waals surface area (Å²) in [4.78, 5) is 0. The molecule has 0 saturated heterocycles. The Balaban J connectivity index is 3.20. The normalized spacial score (nSPS) is 12.2. The second-order valence-corrected chi connectivity index (χ2v) is 7.23. The van der Waals surface area contributed by atoms with Gasteiger partial charge in [0.25, 0.3) is 0 Å². The molecular formula is C19H35BrO. The van der Waals surface area contributed by atoms with Gasteiger partial charge in [0.1, 0.15) is 6.10 Å². The Morgan fingerprint density at radius 2 is 1.29 bits per heavy atom. The minimum absolute atomic E-state index is 0.422. The summed E-state index contributed by atoms with van der Waals surface area (Å²) in [6.07, 6.45) is 14.8.